The highest BCUT2D eigenvalue weighted by atomic mass is 35.5. The molecule has 0 unspecified atom stereocenters. The molecule has 0 aliphatic heterocycles. The largest absolute Gasteiger partial charge is 0.330 e. The summed E-state index contributed by atoms with van der Waals surface area (Å²) < 4.78 is 2.71. The number of benzene rings is 1. The van der Waals surface area contributed by atoms with E-state index in [0.717, 1.165) is 38.0 Å². The molecule has 0 saturated heterocycles. The van der Waals surface area contributed by atoms with Crippen LogP contribution in [-0.2, 0) is 6.54 Å². The molecule has 9 heteroatoms. The van der Waals surface area contributed by atoms with Crippen LogP contribution in [0.1, 0.15) is 5.56 Å². The number of halogens is 1. The number of hydrogen-bond acceptors (Lipinski definition) is 7. The molecule has 0 aliphatic carbocycles. The first kappa shape index (κ1) is 15.3. The average molecular weight is 353 g/mol. The molecule has 114 valence electrons. The van der Waals surface area contributed by atoms with E-state index in [4.69, 9.17) is 11.6 Å². The lowest BCUT2D eigenvalue weighted by molar-refractivity contribution is 0.664. The van der Waals surface area contributed by atoms with Crippen molar-refractivity contribution in [3.8, 4) is 0 Å². The second-order valence-corrected chi connectivity index (χ2v) is 7.14. The predicted molar refractivity (Wildman–Crippen MR) is 90.1 cm³/mol. The fourth-order valence-corrected chi connectivity index (χ4v) is 3.69. The number of rotatable bonds is 6. The van der Waals surface area contributed by atoms with E-state index in [9.17, 15) is 0 Å². The van der Waals surface area contributed by atoms with Crippen LogP contribution in [0.15, 0.2) is 35.2 Å². The number of aryl methyl sites for hydroxylation is 1. The summed E-state index contributed by atoms with van der Waals surface area (Å²) in [4.78, 5) is 3.91. The van der Waals surface area contributed by atoms with E-state index in [1.807, 2.05) is 25.1 Å². The monoisotopic (exact) mass is 352 g/mol. The predicted octanol–water partition coefficient (Wildman–Crippen LogP) is 3.63. The lowest BCUT2D eigenvalue weighted by atomic mass is 10.2. The van der Waals surface area contributed by atoms with Crippen LogP contribution in [0, 0.1) is 6.92 Å². The zero-order chi connectivity index (χ0) is 15.4. The van der Waals surface area contributed by atoms with Crippen molar-refractivity contribution in [2.24, 2.45) is 0 Å². The summed E-state index contributed by atoms with van der Waals surface area (Å²) in [5.41, 5.74) is 1.95. The van der Waals surface area contributed by atoms with Gasteiger partial charge in [-0.25, -0.2) is 4.98 Å². The molecule has 1 N–H and O–H groups in total. The van der Waals surface area contributed by atoms with Gasteiger partial charge in [-0.05, 0) is 24.6 Å². The molecule has 6 nitrogen and oxygen atoms in total. The Labute approximate surface area is 140 Å². The highest BCUT2D eigenvalue weighted by Gasteiger charge is 2.08. The van der Waals surface area contributed by atoms with Gasteiger partial charge in [0.25, 0.3) is 0 Å². The molecule has 0 spiro atoms. The molecule has 0 radical (unpaired) electrons. The normalized spacial score (nSPS) is 10.8. The Hall–Kier alpha value is -1.64. The molecule has 0 atom stereocenters. The van der Waals surface area contributed by atoms with Gasteiger partial charge >= 0.3 is 0 Å². The zero-order valence-electron chi connectivity index (χ0n) is 11.7. The molecule has 0 amide bonds. The molecule has 0 fully saturated rings. The van der Waals surface area contributed by atoms with Crippen molar-refractivity contribution in [3.05, 3.63) is 41.4 Å². The van der Waals surface area contributed by atoms with Gasteiger partial charge in [-0.3, -0.25) is 4.68 Å². The molecule has 0 bridgehead atoms. The van der Waals surface area contributed by atoms with Crippen molar-refractivity contribution in [3.63, 3.8) is 0 Å². The quantitative estimate of drug-likeness (QED) is 0.683. The summed E-state index contributed by atoms with van der Waals surface area (Å²) in [6.45, 7) is 2.76. The van der Waals surface area contributed by atoms with E-state index in [2.05, 4.69) is 25.6 Å². The molecule has 0 aliphatic rings. The van der Waals surface area contributed by atoms with Crippen LogP contribution in [0.25, 0.3) is 0 Å². The van der Waals surface area contributed by atoms with Crippen molar-refractivity contribution < 1.29 is 0 Å². The maximum atomic E-state index is 6.11. The van der Waals surface area contributed by atoms with Gasteiger partial charge in [-0.15, -0.1) is 10.2 Å². The van der Waals surface area contributed by atoms with E-state index >= 15 is 0 Å². The fourth-order valence-electron chi connectivity index (χ4n) is 1.75. The first-order valence-corrected chi connectivity index (χ1v) is 8.71. The molecular weight excluding hydrogens is 340 g/mol. The summed E-state index contributed by atoms with van der Waals surface area (Å²) in [5.74, 6) is 0.869. The summed E-state index contributed by atoms with van der Waals surface area (Å²) in [6, 6.07) is 5.75. The van der Waals surface area contributed by atoms with E-state index in [1.165, 1.54) is 17.7 Å². The molecule has 2 heterocycles. The van der Waals surface area contributed by atoms with Gasteiger partial charge in [0.05, 0.1) is 6.54 Å². The van der Waals surface area contributed by atoms with Gasteiger partial charge in [0.15, 0.2) is 4.34 Å². The number of thioether (sulfide) groups is 1. The molecule has 3 aromatic rings. The van der Waals surface area contributed by atoms with Crippen LogP contribution in [0.3, 0.4) is 0 Å². The van der Waals surface area contributed by atoms with Gasteiger partial charge in [0, 0.05) is 16.5 Å². The molecular formula is C13H13ClN6S2. The Balaban J connectivity index is 1.58. The minimum absolute atomic E-state index is 0.733. The molecule has 2 aromatic heterocycles. The molecule has 3 rings (SSSR count). The third kappa shape index (κ3) is 3.76. The maximum absolute atomic E-state index is 6.11. The second-order valence-electron chi connectivity index (χ2n) is 4.42. The molecule has 22 heavy (non-hydrogen) atoms. The number of aromatic nitrogens is 5. The van der Waals surface area contributed by atoms with Crippen LogP contribution in [-0.4, -0.2) is 30.7 Å². The Morgan fingerprint density at radius 1 is 1.36 bits per heavy atom. The first-order valence-electron chi connectivity index (χ1n) is 6.53. The topological polar surface area (TPSA) is 68.5 Å². The summed E-state index contributed by atoms with van der Waals surface area (Å²) in [6.07, 6.45) is 3.24. The third-order valence-corrected chi connectivity index (χ3v) is 5.29. The van der Waals surface area contributed by atoms with E-state index in [-0.39, 0.29) is 0 Å². The molecule has 0 saturated carbocycles. The summed E-state index contributed by atoms with van der Waals surface area (Å²) in [7, 11) is 0. The van der Waals surface area contributed by atoms with Gasteiger partial charge < -0.3 is 5.32 Å². The standard InChI is InChI=1S/C13H13ClN6S2/c1-9-10(14)3-2-4-11(9)17-12-18-19-13(22-12)21-6-5-20-8-15-7-16-20/h2-4,7-8H,5-6H2,1H3,(H,17,18). The molecule has 1 aromatic carbocycles. The fraction of sp³-hybridized carbons (Fsp3) is 0.231. The number of nitrogens with one attached hydrogen (secondary N) is 1. The van der Waals surface area contributed by atoms with Crippen LogP contribution >= 0.6 is 34.7 Å². The Kier molecular flexibility index (Phi) is 4.91. The van der Waals surface area contributed by atoms with Gasteiger partial charge in [0.2, 0.25) is 5.13 Å². The van der Waals surface area contributed by atoms with Crippen molar-refractivity contribution in [2.75, 3.05) is 11.1 Å². The minimum Gasteiger partial charge on any atom is -0.330 e. The van der Waals surface area contributed by atoms with Crippen molar-refractivity contribution in [2.45, 2.75) is 17.8 Å². The lowest BCUT2D eigenvalue weighted by Crippen LogP contribution is -2.00. The number of hydrogen-bond donors (Lipinski definition) is 1. The highest BCUT2D eigenvalue weighted by molar-refractivity contribution is 8.01. The Bertz CT molecular complexity index is 743. The van der Waals surface area contributed by atoms with Crippen molar-refractivity contribution in [1.29, 1.82) is 0 Å². The smallest absolute Gasteiger partial charge is 0.210 e. The van der Waals surface area contributed by atoms with Crippen LogP contribution in [0.2, 0.25) is 5.02 Å². The average Bonchev–Trinajstić information content (AvgIpc) is 3.16. The first-order chi connectivity index (χ1) is 10.7. The summed E-state index contributed by atoms with van der Waals surface area (Å²) in [5, 5.41) is 17.1. The Morgan fingerprint density at radius 2 is 2.27 bits per heavy atom. The van der Waals surface area contributed by atoms with Gasteiger partial charge in [-0.1, -0.05) is 40.8 Å². The van der Waals surface area contributed by atoms with Crippen LogP contribution < -0.4 is 5.32 Å². The van der Waals surface area contributed by atoms with Crippen molar-refractivity contribution >= 4 is 45.5 Å². The van der Waals surface area contributed by atoms with E-state index in [1.54, 1.807) is 22.8 Å². The Morgan fingerprint density at radius 3 is 3.09 bits per heavy atom. The second kappa shape index (κ2) is 7.08. The van der Waals surface area contributed by atoms with Crippen LogP contribution in [0.5, 0.6) is 0 Å². The number of anilines is 2. The maximum Gasteiger partial charge on any atom is 0.210 e. The third-order valence-electron chi connectivity index (χ3n) is 2.93. The highest BCUT2D eigenvalue weighted by Crippen LogP contribution is 2.30. The lowest BCUT2D eigenvalue weighted by Gasteiger charge is -2.06. The SMILES string of the molecule is Cc1c(Cl)cccc1Nc1nnc(SCCn2cncn2)s1. The summed E-state index contributed by atoms with van der Waals surface area (Å²) >= 11 is 9.28. The van der Waals surface area contributed by atoms with Gasteiger partial charge in [0.1, 0.15) is 12.7 Å². The van der Waals surface area contributed by atoms with Crippen molar-refractivity contribution in [1.82, 2.24) is 25.0 Å². The van der Waals surface area contributed by atoms with Crippen LogP contribution in [0.4, 0.5) is 10.8 Å². The number of nitrogens with zero attached hydrogens (tertiary/aromatic N) is 5. The zero-order valence-corrected chi connectivity index (χ0v) is 14.1. The van der Waals surface area contributed by atoms with Gasteiger partial charge in [-0.2, -0.15) is 5.10 Å². The van der Waals surface area contributed by atoms with E-state index < -0.39 is 0 Å². The van der Waals surface area contributed by atoms with E-state index in [0.29, 0.717) is 0 Å². The minimum atomic E-state index is 0.733.